The molecule has 3 rings (SSSR count). The maximum atomic E-state index is 11.0. The fraction of sp³-hybridized carbons (Fsp3) is 0.778. The van der Waals surface area contributed by atoms with Crippen molar-refractivity contribution in [1.29, 1.82) is 0 Å². The fourth-order valence-electron chi connectivity index (χ4n) is 6.89. The Balaban J connectivity index is 0.00000385. The van der Waals surface area contributed by atoms with Crippen LogP contribution in [0.15, 0.2) is 35.5 Å². The van der Waals surface area contributed by atoms with E-state index < -0.39 is 16.5 Å². The molecule has 4 nitrogen and oxygen atoms in total. The topological polar surface area (TPSA) is 66.4 Å². The molecule has 3 fully saturated rings. The second kappa shape index (κ2) is 12.4. The third-order valence-electron chi connectivity index (χ3n) is 8.59. The molecule has 0 radical (unpaired) electrons. The van der Waals surface area contributed by atoms with Crippen molar-refractivity contribution in [3.05, 3.63) is 35.5 Å². The summed E-state index contributed by atoms with van der Waals surface area (Å²) in [7, 11) is -4.67. The van der Waals surface area contributed by atoms with Crippen LogP contribution in [0.25, 0.3) is 0 Å². The van der Waals surface area contributed by atoms with E-state index in [0.717, 1.165) is 35.3 Å². The summed E-state index contributed by atoms with van der Waals surface area (Å²) in [5.74, 6) is 3.03. The van der Waals surface area contributed by atoms with Gasteiger partial charge in [-0.15, -0.1) is 0 Å². The molecule has 1 unspecified atom stereocenters. The molecule has 0 amide bonds. The second-order valence-corrected chi connectivity index (χ2v) is 12.3. The summed E-state index contributed by atoms with van der Waals surface area (Å²) in [4.78, 5) is 0. The van der Waals surface area contributed by atoms with E-state index in [-0.39, 0.29) is 29.6 Å². The van der Waals surface area contributed by atoms with Gasteiger partial charge in [-0.05, 0) is 79.6 Å². The van der Waals surface area contributed by atoms with Crippen LogP contribution in [0.5, 0.6) is 0 Å². The molecular formula is C27H43NaO4S. The molecule has 0 spiro atoms. The SMILES string of the molecule is C=C1CC[C@H](OS(=O)(=O)[O-])C/C1=C/C=C1CCC[C@@]2(C)C1CC[C@@H]2[C@H](C)CCCC(C)C.[Na+]. The summed E-state index contributed by atoms with van der Waals surface area (Å²) in [6.07, 6.45) is 15.9. The average Bonchev–Trinajstić information content (AvgIpc) is 3.04. The van der Waals surface area contributed by atoms with Crippen LogP contribution in [0.1, 0.15) is 98.3 Å². The van der Waals surface area contributed by atoms with E-state index in [0.29, 0.717) is 30.6 Å². The molecule has 0 heterocycles. The summed E-state index contributed by atoms with van der Waals surface area (Å²) in [6, 6.07) is 0. The Hall–Kier alpha value is 0.0900. The van der Waals surface area contributed by atoms with Gasteiger partial charge in [0.1, 0.15) is 0 Å². The Morgan fingerprint density at radius 2 is 1.88 bits per heavy atom. The molecular weight excluding hydrogens is 443 g/mol. The van der Waals surface area contributed by atoms with Crippen LogP contribution >= 0.6 is 0 Å². The zero-order chi connectivity index (χ0) is 23.5. The van der Waals surface area contributed by atoms with Crippen molar-refractivity contribution < 1.29 is 46.7 Å². The molecule has 6 heteroatoms. The van der Waals surface area contributed by atoms with E-state index >= 15 is 0 Å². The van der Waals surface area contributed by atoms with Gasteiger partial charge in [-0.2, -0.15) is 0 Å². The zero-order valence-electron chi connectivity index (χ0n) is 21.6. The molecule has 3 aliphatic rings. The van der Waals surface area contributed by atoms with Crippen molar-refractivity contribution in [2.24, 2.45) is 29.1 Å². The number of fused-ring (bicyclic) bond motifs is 1. The van der Waals surface area contributed by atoms with Crippen LogP contribution in [0, 0.1) is 29.1 Å². The molecule has 33 heavy (non-hydrogen) atoms. The minimum atomic E-state index is -4.67. The molecule has 3 aliphatic carbocycles. The van der Waals surface area contributed by atoms with Crippen LogP contribution in [-0.4, -0.2) is 19.1 Å². The first-order valence-corrected chi connectivity index (χ1v) is 14.0. The number of hydrogen-bond acceptors (Lipinski definition) is 4. The smallest absolute Gasteiger partial charge is 0.726 e. The zero-order valence-corrected chi connectivity index (χ0v) is 24.4. The van der Waals surface area contributed by atoms with Crippen LogP contribution in [0.4, 0.5) is 0 Å². The van der Waals surface area contributed by atoms with Crippen molar-refractivity contribution in [2.75, 3.05) is 0 Å². The van der Waals surface area contributed by atoms with Gasteiger partial charge in [0.25, 0.3) is 0 Å². The maximum Gasteiger partial charge on any atom is 1.00 e. The quantitative estimate of drug-likeness (QED) is 0.294. The Labute approximate surface area is 225 Å². The Kier molecular flexibility index (Phi) is 11.0. The predicted molar refractivity (Wildman–Crippen MR) is 130 cm³/mol. The molecule has 0 N–H and O–H groups in total. The summed E-state index contributed by atoms with van der Waals surface area (Å²) in [5.41, 5.74) is 4.01. The van der Waals surface area contributed by atoms with Crippen molar-refractivity contribution in [2.45, 2.75) is 104 Å². The maximum absolute atomic E-state index is 11.0. The van der Waals surface area contributed by atoms with Gasteiger partial charge in [0.2, 0.25) is 10.4 Å². The minimum absolute atomic E-state index is 0. The summed E-state index contributed by atoms with van der Waals surface area (Å²) < 4.78 is 37.8. The molecule has 182 valence electrons. The third kappa shape index (κ3) is 7.79. The molecule has 0 aromatic heterocycles. The predicted octanol–water partition coefficient (Wildman–Crippen LogP) is 4.11. The Bertz CT molecular complexity index is 844. The molecule has 0 aliphatic heterocycles. The van der Waals surface area contributed by atoms with Crippen molar-refractivity contribution in [1.82, 2.24) is 0 Å². The second-order valence-electron chi connectivity index (χ2n) is 11.3. The molecule has 3 saturated carbocycles. The summed E-state index contributed by atoms with van der Waals surface area (Å²) >= 11 is 0. The van der Waals surface area contributed by atoms with E-state index in [2.05, 4.69) is 46.4 Å². The minimum Gasteiger partial charge on any atom is -0.726 e. The molecule has 0 saturated heterocycles. The molecule has 0 aromatic carbocycles. The molecule has 0 aromatic rings. The number of allylic oxidation sites excluding steroid dienone is 4. The van der Waals surface area contributed by atoms with Gasteiger partial charge >= 0.3 is 29.6 Å². The number of rotatable bonds is 8. The van der Waals surface area contributed by atoms with Crippen LogP contribution in [0.3, 0.4) is 0 Å². The first-order chi connectivity index (χ1) is 15.0. The van der Waals surface area contributed by atoms with Gasteiger partial charge in [-0.1, -0.05) is 76.8 Å². The third-order valence-corrected chi connectivity index (χ3v) is 9.10. The van der Waals surface area contributed by atoms with E-state index in [4.69, 9.17) is 4.18 Å². The number of hydrogen-bond donors (Lipinski definition) is 0. The Morgan fingerprint density at radius 1 is 1.15 bits per heavy atom. The van der Waals surface area contributed by atoms with Crippen LogP contribution in [0.2, 0.25) is 0 Å². The molecule has 0 bridgehead atoms. The van der Waals surface area contributed by atoms with Gasteiger partial charge in [0.05, 0.1) is 6.10 Å². The Morgan fingerprint density at radius 3 is 2.55 bits per heavy atom. The van der Waals surface area contributed by atoms with Crippen molar-refractivity contribution in [3.8, 4) is 0 Å². The van der Waals surface area contributed by atoms with Gasteiger partial charge in [0.15, 0.2) is 0 Å². The molecule has 5 atom stereocenters. The average molecular weight is 487 g/mol. The van der Waals surface area contributed by atoms with Gasteiger partial charge in [-0.25, -0.2) is 8.42 Å². The largest absolute Gasteiger partial charge is 1.00 e. The van der Waals surface area contributed by atoms with Gasteiger partial charge in [0, 0.05) is 6.42 Å². The van der Waals surface area contributed by atoms with Crippen molar-refractivity contribution >= 4 is 10.4 Å². The van der Waals surface area contributed by atoms with Gasteiger partial charge in [-0.3, -0.25) is 4.18 Å². The van der Waals surface area contributed by atoms with E-state index in [1.807, 2.05) is 0 Å². The summed E-state index contributed by atoms with van der Waals surface area (Å²) in [6.45, 7) is 13.8. The van der Waals surface area contributed by atoms with Gasteiger partial charge < -0.3 is 4.55 Å². The normalized spacial score (nSPS) is 33.9. The van der Waals surface area contributed by atoms with E-state index in [1.54, 1.807) is 5.57 Å². The van der Waals surface area contributed by atoms with Crippen LogP contribution in [-0.2, 0) is 14.6 Å². The van der Waals surface area contributed by atoms with Crippen molar-refractivity contribution in [3.63, 3.8) is 0 Å². The summed E-state index contributed by atoms with van der Waals surface area (Å²) in [5, 5.41) is 0. The monoisotopic (exact) mass is 486 g/mol. The first kappa shape index (κ1) is 29.3. The van der Waals surface area contributed by atoms with E-state index in [1.165, 1.54) is 44.9 Å². The first-order valence-electron chi connectivity index (χ1n) is 12.7. The van der Waals surface area contributed by atoms with Crippen LogP contribution < -0.4 is 29.6 Å². The fourth-order valence-corrected chi connectivity index (χ4v) is 7.39. The van der Waals surface area contributed by atoms with E-state index in [9.17, 15) is 13.0 Å². The standard InChI is InChI=1S/C27H44O4S.Na/c1-19(2)8-6-9-21(4)25-15-16-26-22(10-7-17-27(25,26)5)12-13-23-18-24(14-11-20(23)3)31-32(28,29)30;/h12-13,19,21,24-26H,3,6-11,14-18H2,1-2,4-5H3,(H,28,29,30);/q;+1/p-1/b22-12?,23-13-;/t21-,24+,25-,26?,27-;/m1./s1.